The molecule has 0 bridgehead atoms. The van der Waals surface area contributed by atoms with Crippen molar-refractivity contribution in [2.75, 3.05) is 26.4 Å². The second-order valence-electron chi connectivity index (χ2n) is 1.98. The lowest BCUT2D eigenvalue weighted by Gasteiger charge is -2.24. The first-order chi connectivity index (χ1) is 4.34. The highest BCUT2D eigenvalue weighted by Crippen LogP contribution is 1.90. The van der Waals surface area contributed by atoms with Gasteiger partial charge in [-0.1, -0.05) is 0 Å². The third kappa shape index (κ3) is 1.40. The molecule has 0 aromatic heterocycles. The van der Waals surface area contributed by atoms with Crippen LogP contribution in [0.25, 0.3) is 0 Å². The van der Waals surface area contributed by atoms with Crippen LogP contribution in [0.1, 0.15) is 0 Å². The number of aliphatic hydroxyl groups is 1. The summed E-state index contributed by atoms with van der Waals surface area (Å²) in [6.45, 7) is 1.61. The third-order valence-corrected chi connectivity index (χ3v) is 1.36. The molecular formula is C5H10N2O2. The van der Waals surface area contributed by atoms with Gasteiger partial charge in [-0.3, -0.25) is 4.79 Å². The van der Waals surface area contributed by atoms with E-state index < -0.39 is 0 Å². The minimum absolute atomic E-state index is 0.0243. The number of hydrogen-bond acceptors (Lipinski definition) is 3. The van der Waals surface area contributed by atoms with Crippen LogP contribution in [0.2, 0.25) is 0 Å². The second-order valence-corrected chi connectivity index (χ2v) is 1.98. The SMILES string of the molecule is O=C1CNCCN1CO. The molecule has 0 saturated carbocycles. The van der Waals surface area contributed by atoms with Crippen molar-refractivity contribution in [1.82, 2.24) is 10.2 Å². The first-order valence-electron chi connectivity index (χ1n) is 2.94. The molecule has 1 aliphatic heterocycles. The summed E-state index contributed by atoms with van der Waals surface area (Å²) in [5, 5.41) is 11.4. The molecule has 1 amide bonds. The molecule has 1 heterocycles. The molecule has 2 N–H and O–H groups in total. The zero-order valence-electron chi connectivity index (χ0n) is 5.13. The van der Waals surface area contributed by atoms with Gasteiger partial charge in [-0.25, -0.2) is 0 Å². The topological polar surface area (TPSA) is 52.6 Å². The van der Waals surface area contributed by atoms with Crippen molar-refractivity contribution in [3.63, 3.8) is 0 Å². The van der Waals surface area contributed by atoms with E-state index in [1.165, 1.54) is 4.90 Å². The summed E-state index contributed by atoms with van der Waals surface area (Å²) in [6, 6.07) is 0. The van der Waals surface area contributed by atoms with Crippen LogP contribution in [-0.2, 0) is 4.79 Å². The number of aliphatic hydroxyl groups excluding tert-OH is 1. The highest BCUT2D eigenvalue weighted by atomic mass is 16.3. The highest BCUT2D eigenvalue weighted by molar-refractivity contribution is 5.78. The van der Waals surface area contributed by atoms with Crippen molar-refractivity contribution >= 4 is 5.91 Å². The summed E-state index contributed by atoms with van der Waals surface area (Å²) in [7, 11) is 0. The molecule has 0 atom stereocenters. The molecule has 0 aliphatic carbocycles. The molecule has 1 aliphatic rings. The van der Waals surface area contributed by atoms with Crippen LogP contribution < -0.4 is 5.32 Å². The number of nitrogens with one attached hydrogen (secondary N) is 1. The molecule has 4 nitrogen and oxygen atoms in total. The largest absolute Gasteiger partial charge is 0.376 e. The molecule has 9 heavy (non-hydrogen) atoms. The highest BCUT2D eigenvalue weighted by Gasteiger charge is 2.15. The van der Waals surface area contributed by atoms with Gasteiger partial charge in [0.05, 0.1) is 6.54 Å². The Morgan fingerprint density at radius 2 is 2.56 bits per heavy atom. The first kappa shape index (κ1) is 6.51. The van der Waals surface area contributed by atoms with Crippen LogP contribution in [0.3, 0.4) is 0 Å². The molecule has 0 aromatic carbocycles. The van der Waals surface area contributed by atoms with E-state index >= 15 is 0 Å². The van der Waals surface area contributed by atoms with Crippen LogP contribution in [-0.4, -0.2) is 42.3 Å². The van der Waals surface area contributed by atoms with E-state index in [0.717, 1.165) is 6.54 Å². The number of carbonyl (C=O) groups is 1. The molecule has 0 unspecified atom stereocenters. The normalized spacial score (nSPS) is 20.6. The quantitative estimate of drug-likeness (QED) is 0.448. The van der Waals surface area contributed by atoms with Crippen molar-refractivity contribution in [1.29, 1.82) is 0 Å². The summed E-state index contributed by atoms with van der Waals surface area (Å²) < 4.78 is 0. The number of hydrogen-bond donors (Lipinski definition) is 2. The van der Waals surface area contributed by atoms with Crippen molar-refractivity contribution in [3.8, 4) is 0 Å². The summed E-state index contributed by atoms with van der Waals surface area (Å²) in [6.07, 6.45) is 0. The fraction of sp³-hybridized carbons (Fsp3) is 0.800. The van der Waals surface area contributed by atoms with Crippen molar-refractivity contribution < 1.29 is 9.90 Å². The van der Waals surface area contributed by atoms with Gasteiger partial charge in [0.25, 0.3) is 0 Å². The Balaban J connectivity index is 2.39. The van der Waals surface area contributed by atoms with Gasteiger partial charge in [-0.15, -0.1) is 0 Å². The molecule has 52 valence electrons. The van der Waals surface area contributed by atoms with E-state index in [4.69, 9.17) is 5.11 Å². The third-order valence-electron chi connectivity index (χ3n) is 1.36. The molecule has 1 saturated heterocycles. The monoisotopic (exact) mass is 130 g/mol. The van der Waals surface area contributed by atoms with Crippen molar-refractivity contribution in [2.24, 2.45) is 0 Å². The van der Waals surface area contributed by atoms with Crippen molar-refractivity contribution in [2.45, 2.75) is 0 Å². The Hall–Kier alpha value is -0.610. The van der Waals surface area contributed by atoms with Crippen LogP contribution in [0.15, 0.2) is 0 Å². The predicted molar refractivity (Wildman–Crippen MR) is 31.7 cm³/mol. The molecule has 0 aromatic rings. The minimum atomic E-state index is -0.152. The van der Waals surface area contributed by atoms with Crippen LogP contribution in [0.5, 0.6) is 0 Å². The van der Waals surface area contributed by atoms with Gasteiger partial charge in [0.1, 0.15) is 6.73 Å². The second kappa shape index (κ2) is 2.80. The smallest absolute Gasteiger partial charge is 0.238 e. The van der Waals surface area contributed by atoms with E-state index in [9.17, 15) is 4.79 Å². The minimum Gasteiger partial charge on any atom is -0.376 e. The van der Waals surface area contributed by atoms with E-state index in [1.54, 1.807) is 0 Å². The maximum atomic E-state index is 10.7. The summed E-state index contributed by atoms with van der Waals surface area (Å²) in [5.41, 5.74) is 0. The molecular weight excluding hydrogens is 120 g/mol. The van der Waals surface area contributed by atoms with Gasteiger partial charge in [-0.2, -0.15) is 0 Å². The molecule has 0 radical (unpaired) electrons. The fourth-order valence-electron chi connectivity index (χ4n) is 0.795. The molecule has 0 spiro atoms. The van der Waals surface area contributed by atoms with E-state index in [2.05, 4.69) is 5.32 Å². The van der Waals surface area contributed by atoms with E-state index in [-0.39, 0.29) is 12.6 Å². The number of amides is 1. The Bertz CT molecular complexity index is 116. The van der Waals surface area contributed by atoms with Crippen molar-refractivity contribution in [3.05, 3.63) is 0 Å². The number of carbonyl (C=O) groups excluding carboxylic acids is 1. The lowest BCUT2D eigenvalue weighted by atomic mass is 10.4. The zero-order chi connectivity index (χ0) is 6.69. The maximum absolute atomic E-state index is 10.7. The first-order valence-corrected chi connectivity index (χ1v) is 2.94. The Morgan fingerprint density at radius 1 is 1.78 bits per heavy atom. The average molecular weight is 130 g/mol. The summed E-state index contributed by atoms with van der Waals surface area (Å²) >= 11 is 0. The average Bonchev–Trinajstić information content (AvgIpc) is 1.89. The Morgan fingerprint density at radius 3 is 3.00 bits per heavy atom. The van der Waals surface area contributed by atoms with Crippen LogP contribution >= 0.6 is 0 Å². The predicted octanol–water partition coefficient (Wildman–Crippen LogP) is -1.63. The number of piperazine rings is 1. The van der Waals surface area contributed by atoms with Gasteiger partial charge < -0.3 is 15.3 Å². The molecule has 4 heteroatoms. The van der Waals surface area contributed by atoms with Gasteiger partial charge in [0.2, 0.25) is 5.91 Å². The molecule has 1 rings (SSSR count). The lowest BCUT2D eigenvalue weighted by molar-refractivity contribution is -0.135. The Kier molecular flexibility index (Phi) is 2.02. The van der Waals surface area contributed by atoms with E-state index in [0.29, 0.717) is 13.1 Å². The standard InChI is InChI=1S/C5H10N2O2/c8-4-7-2-1-6-3-5(7)9/h6,8H,1-4H2. The van der Waals surface area contributed by atoms with Gasteiger partial charge in [0, 0.05) is 13.1 Å². The lowest BCUT2D eigenvalue weighted by Crippen LogP contribution is -2.48. The van der Waals surface area contributed by atoms with Crippen LogP contribution in [0.4, 0.5) is 0 Å². The number of nitrogens with zero attached hydrogens (tertiary/aromatic N) is 1. The summed E-state index contributed by atoms with van der Waals surface area (Å²) in [5.74, 6) is -0.0243. The van der Waals surface area contributed by atoms with Crippen LogP contribution in [0, 0.1) is 0 Å². The summed E-state index contributed by atoms with van der Waals surface area (Å²) in [4.78, 5) is 12.1. The van der Waals surface area contributed by atoms with E-state index in [1.807, 2.05) is 0 Å². The number of rotatable bonds is 1. The zero-order valence-corrected chi connectivity index (χ0v) is 5.13. The van der Waals surface area contributed by atoms with Gasteiger partial charge >= 0.3 is 0 Å². The van der Waals surface area contributed by atoms with Gasteiger partial charge in [0.15, 0.2) is 0 Å². The Labute approximate surface area is 53.5 Å². The van der Waals surface area contributed by atoms with Gasteiger partial charge in [-0.05, 0) is 0 Å². The molecule has 1 fully saturated rings. The maximum Gasteiger partial charge on any atom is 0.238 e. The fourth-order valence-corrected chi connectivity index (χ4v) is 0.795.